The van der Waals surface area contributed by atoms with Gasteiger partial charge < -0.3 is 15.0 Å². The molecule has 1 aromatic carbocycles. The molecule has 90 valence electrons. The molecule has 0 saturated heterocycles. The maximum atomic E-state index is 5.68. The number of methoxy groups -OCH3 is 1. The lowest BCUT2D eigenvalue weighted by Gasteiger charge is -2.08. The third-order valence-corrected chi connectivity index (χ3v) is 3.25. The predicted molar refractivity (Wildman–Crippen MR) is 70.8 cm³/mol. The van der Waals surface area contributed by atoms with E-state index >= 15 is 0 Å². The highest BCUT2D eigenvalue weighted by Crippen LogP contribution is 2.31. The van der Waals surface area contributed by atoms with Gasteiger partial charge in [-0.15, -0.1) is 0 Å². The van der Waals surface area contributed by atoms with Crippen molar-refractivity contribution in [3.05, 3.63) is 34.7 Å². The minimum Gasteiger partial charge on any atom is -0.496 e. The van der Waals surface area contributed by atoms with Crippen LogP contribution in [0.4, 0.5) is 0 Å². The van der Waals surface area contributed by atoms with Crippen molar-refractivity contribution in [2.45, 2.75) is 6.54 Å². The first kappa shape index (κ1) is 12.1. The van der Waals surface area contributed by atoms with Crippen molar-refractivity contribution in [2.24, 2.45) is 12.8 Å². The molecule has 1 heterocycles. The summed E-state index contributed by atoms with van der Waals surface area (Å²) in [6, 6.07) is 5.93. The molecule has 1 aromatic heterocycles. The summed E-state index contributed by atoms with van der Waals surface area (Å²) < 4.78 is 8.10. The fraction of sp³-hybridized carbons (Fsp3) is 0.250. The Bertz CT molecular complexity index is 537. The Kier molecular flexibility index (Phi) is 3.49. The molecule has 2 rings (SSSR count). The fourth-order valence-corrected chi connectivity index (χ4v) is 2.35. The molecule has 0 fully saturated rings. The monoisotopic (exact) mass is 295 g/mol. The molecule has 5 heteroatoms. The van der Waals surface area contributed by atoms with Crippen LogP contribution >= 0.6 is 15.9 Å². The molecule has 0 aliphatic carbocycles. The molecule has 17 heavy (non-hydrogen) atoms. The quantitative estimate of drug-likeness (QED) is 0.945. The molecule has 0 saturated carbocycles. The van der Waals surface area contributed by atoms with Crippen molar-refractivity contribution in [2.75, 3.05) is 7.11 Å². The zero-order valence-electron chi connectivity index (χ0n) is 9.77. The number of ether oxygens (including phenoxy) is 1. The van der Waals surface area contributed by atoms with Crippen molar-refractivity contribution in [1.29, 1.82) is 0 Å². The van der Waals surface area contributed by atoms with E-state index in [-0.39, 0.29) is 0 Å². The largest absolute Gasteiger partial charge is 0.496 e. The summed E-state index contributed by atoms with van der Waals surface area (Å²) in [7, 11) is 3.61. The summed E-state index contributed by atoms with van der Waals surface area (Å²) in [5, 5.41) is 0. The number of imidazole rings is 1. The number of benzene rings is 1. The zero-order chi connectivity index (χ0) is 12.4. The van der Waals surface area contributed by atoms with E-state index in [0.717, 1.165) is 27.2 Å². The maximum Gasteiger partial charge on any atom is 0.133 e. The van der Waals surface area contributed by atoms with Gasteiger partial charge in [-0.05, 0) is 34.1 Å². The number of rotatable bonds is 3. The second kappa shape index (κ2) is 4.89. The van der Waals surface area contributed by atoms with Gasteiger partial charge in [-0.3, -0.25) is 0 Å². The van der Waals surface area contributed by atoms with Crippen molar-refractivity contribution in [1.82, 2.24) is 9.55 Å². The molecule has 0 aliphatic rings. The van der Waals surface area contributed by atoms with Crippen LogP contribution in [0.5, 0.6) is 5.75 Å². The first-order valence-corrected chi connectivity index (χ1v) is 6.01. The Labute approximate surface area is 109 Å². The Morgan fingerprint density at radius 1 is 1.47 bits per heavy atom. The first-order valence-electron chi connectivity index (χ1n) is 5.21. The number of nitrogens with zero attached hydrogens (tertiary/aromatic N) is 2. The van der Waals surface area contributed by atoms with Gasteiger partial charge in [0, 0.05) is 19.2 Å². The third kappa shape index (κ3) is 2.21. The minimum absolute atomic E-state index is 0.430. The molecule has 2 aromatic rings. The fourth-order valence-electron chi connectivity index (χ4n) is 1.81. The lowest BCUT2D eigenvalue weighted by atomic mass is 10.1. The molecule has 0 aliphatic heterocycles. The van der Waals surface area contributed by atoms with Crippen LogP contribution < -0.4 is 10.5 Å². The molecule has 0 radical (unpaired) electrons. The van der Waals surface area contributed by atoms with Crippen LogP contribution in [0.25, 0.3) is 11.3 Å². The van der Waals surface area contributed by atoms with E-state index in [1.807, 2.05) is 29.8 Å². The summed E-state index contributed by atoms with van der Waals surface area (Å²) in [6.07, 6.45) is 1.77. The highest BCUT2D eigenvalue weighted by Gasteiger charge is 2.11. The zero-order valence-corrected chi connectivity index (χ0v) is 11.4. The molecule has 0 unspecified atom stereocenters. The van der Waals surface area contributed by atoms with Crippen LogP contribution in [-0.4, -0.2) is 16.7 Å². The van der Waals surface area contributed by atoms with Crippen LogP contribution in [0.3, 0.4) is 0 Å². The van der Waals surface area contributed by atoms with E-state index in [1.165, 1.54) is 0 Å². The van der Waals surface area contributed by atoms with Gasteiger partial charge in [-0.2, -0.15) is 0 Å². The Balaban J connectivity index is 2.53. The minimum atomic E-state index is 0.430. The lowest BCUT2D eigenvalue weighted by molar-refractivity contribution is 0.412. The summed E-state index contributed by atoms with van der Waals surface area (Å²) >= 11 is 3.48. The molecule has 0 bridgehead atoms. The van der Waals surface area contributed by atoms with Gasteiger partial charge in [-0.25, -0.2) is 4.98 Å². The number of hydrogen-bond donors (Lipinski definition) is 1. The van der Waals surface area contributed by atoms with E-state index in [0.29, 0.717) is 6.54 Å². The third-order valence-electron chi connectivity index (χ3n) is 2.63. The van der Waals surface area contributed by atoms with Gasteiger partial charge >= 0.3 is 0 Å². The topological polar surface area (TPSA) is 53.1 Å². The van der Waals surface area contributed by atoms with Gasteiger partial charge in [-0.1, -0.05) is 0 Å². The standard InChI is InChI=1S/C12H14BrN3O/c1-16-7-15-10(6-14)12(16)8-3-4-11(17-2)9(13)5-8/h3-5,7H,6,14H2,1-2H3. The van der Waals surface area contributed by atoms with Crippen LogP contribution in [0.15, 0.2) is 29.0 Å². The maximum absolute atomic E-state index is 5.68. The summed E-state index contributed by atoms with van der Waals surface area (Å²) in [5.41, 5.74) is 8.68. The van der Waals surface area contributed by atoms with Crippen LogP contribution in [0.1, 0.15) is 5.69 Å². The number of aryl methyl sites for hydroxylation is 1. The van der Waals surface area contributed by atoms with E-state index in [2.05, 4.69) is 20.9 Å². The molecular formula is C12H14BrN3O. The number of nitrogens with two attached hydrogens (primary N) is 1. The number of hydrogen-bond acceptors (Lipinski definition) is 3. The van der Waals surface area contributed by atoms with E-state index in [4.69, 9.17) is 10.5 Å². The highest BCUT2D eigenvalue weighted by atomic mass is 79.9. The molecule has 4 nitrogen and oxygen atoms in total. The normalized spacial score (nSPS) is 10.6. The Morgan fingerprint density at radius 3 is 2.82 bits per heavy atom. The van der Waals surface area contributed by atoms with Crippen molar-refractivity contribution in [3.8, 4) is 17.0 Å². The first-order chi connectivity index (χ1) is 8.17. The molecule has 2 N–H and O–H groups in total. The van der Waals surface area contributed by atoms with Gasteiger partial charge in [0.05, 0.1) is 29.3 Å². The van der Waals surface area contributed by atoms with Gasteiger partial charge in [0.2, 0.25) is 0 Å². The van der Waals surface area contributed by atoms with Crippen molar-refractivity contribution < 1.29 is 4.74 Å². The van der Waals surface area contributed by atoms with Gasteiger partial charge in [0.1, 0.15) is 5.75 Å². The van der Waals surface area contributed by atoms with E-state index < -0.39 is 0 Å². The smallest absolute Gasteiger partial charge is 0.133 e. The molecular weight excluding hydrogens is 282 g/mol. The molecule has 0 atom stereocenters. The summed E-state index contributed by atoms with van der Waals surface area (Å²) in [4.78, 5) is 4.27. The average molecular weight is 296 g/mol. The van der Waals surface area contributed by atoms with Crippen molar-refractivity contribution >= 4 is 15.9 Å². The highest BCUT2D eigenvalue weighted by molar-refractivity contribution is 9.10. The summed E-state index contributed by atoms with van der Waals surface area (Å²) in [5.74, 6) is 0.810. The molecule has 0 amide bonds. The van der Waals surface area contributed by atoms with Crippen LogP contribution in [-0.2, 0) is 13.6 Å². The van der Waals surface area contributed by atoms with E-state index in [9.17, 15) is 0 Å². The predicted octanol–water partition coefficient (Wildman–Crippen LogP) is 2.32. The van der Waals surface area contributed by atoms with Gasteiger partial charge in [0.15, 0.2) is 0 Å². The second-order valence-electron chi connectivity index (χ2n) is 3.70. The number of halogens is 1. The van der Waals surface area contributed by atoms with E-state index in [1.54, 1.807) is 13.4 Å². The van der Waals surface area contributed by atoms with Crippen LogP contribution in [0, 0.1) is 0 Å². The Hall–Kier alpha value is -1.33. The lowest BCUT2D eigenvalue weighted by Crippen LogP contribution is -2.00. The van der Waals surface area contributed by atoms with Crippen molar-refractivity contribution in [3.63, 3.8) is 0 Å². The summed E-state index contributed by atoms with van der Waals surface area (Å²) in [6.45, 7) is 0.430. The second-order valence-corrected chi connectivity index (χ2v) is 4.56. The Morgan fingerprint density at radius 2 is 2.24 bits per heavy atom. The van der Waals surface area contributed by atoms with Gasteiger partial charge in [0.25, 0.3) is 0 Å². The SMILES string of the molecule is COc1ccc(-c2c(CN)ncn2C)cc1Br. The molecule has 0 spiro atoms. The number of aromatic nitrogens is 2. The van der Waals surface area contributed by atoms with Crippen LogP contribution in [0.2, 0.25) is 0 Å². The average Bonchev–Trinajstić information content (AvgIpc) is 2.70.